The van der Waals surface area contributed by atoms with E-state index in [2.05, 4.69) is 10.3 Å². The van der Waals surface area contributed by atoms with Crippen molar-refractivity contribution in [1.29, 1.82) is 0 Å². The highest BCUT2D eigenvalue weighted by molar-refractivity contribution is 5.92. The molecule has 2 aromatic rings. The lowest BCUT2D eigenvalue weighted by Crippen LogP contribution is -2.57. The van der Waals surface area contributed by atoms with Gasteiger partial charge in [0.15, 0.2) is 6.29 Å². The Morgan fingerprint density at radius 2 is 2.22 bits per heavy atom. The van der Waals surface area contributed by atoms with Gasteiger partial charge in [0.25, 0.3) is 5.56 Å². The van der Waals surface area contributed by atoms with Crippen LogP contribution in [0.3, 0.4) is 0 Å². The lowest BCUT2D eigenvalue weighted by molar-refractivity contribution is -0.145. The molecule has 0 radical (unpaired) electrons. The summed E-state index contributed by atoms with van der Waals surface area (Å²) >= 11 is 0. The highest BCUT2D eigenvalue weighted by atomic mass is 16.5. The number of rotatable bonds is 5. The van der Waals surface area contributed by atoms with Crippen LogP contribution in [0.2, 0.25) is 0 Å². The second-order valence-electron chi connectivity index (χ2n) is 6.17. The number of nitrogens with one attached hydrogen (secondary N) is 1. The number of piperazine rings is 1. The van der Waals surface area contributed by atoms with Crippen LogP contribution >= 0.6 is 0 Å². The lowest BCUT2D eigenvalue weighted by Gasteiger charge is -2.36. The molecule has 27 heavy (non-hydrogen) atoms. The van der Waals surface area contributed by atoms with Gasteiger partial charge in [-0.3, -0.25) is 23.6 Å². The molecular weight excluding hydrogens is 352 g/mol. The third kappa shape index (κ3) is 3.40. The van der Waals surface area contributed by atoms with E-state index in [1.807, 2.05) is 0 Å². The van der Waals surface area contributed by atoms with Crippen molar-refractivity contribution in [1.82, 2.24) is 14.7 Å². The molecule has 1 aliphatic rings. The molecule has 0 aromatic carbocycles. The largest absolute Gasteiger partial charge is 0.466 e. The van der Waals surface area contributed by atoms with Gasteiger partial charge < -0.3 is 15.0 Å². The molecule has 1 saturated heterocycles. The van der Waals surface area contributed by atoms with Crippen LogP contribution in [0.25, 0.3) is 5.65 Å². The van der Waals surface area contributed by atoms with E-state index >= 15 is 0 Å². The second-order valence-corrected chi connectivity index (χ2v) is 6.17. The van der Waals surface area contributed by atoms with Crippen molar-refractivity contribution in [2.24, 2.45) is 0 Å². The van der Waals surface area contributed by atoms with E-state index in [4.69, 9.17) is 4.74 Å². The summed E-state index contributed by atoms with van der Waals surface area (Å²) < 4.78 is 6.24. The van der Waals surface area contributed by atoms with Crippen molar-refractivity contribution in [2.75, 3.05) is 24.6 Å². The number of esters is 1. The molecule has 1 atom stereocenters. The van der Waals surface area contributed by atoms with Crippen LogP contribution in [-0.2, 0) is 14.3 Å². The third-order valence-corrected chi connectivity index (χ3v) is 4.45. The fourth-order valence-electron chi connectivity index (χ4n) is 3.17. The minimum atomic E-state index is -0.908. The number of aryl methyl sites for hydroxylation is 1. The van der Waals surface area contributed by atoms with Crippen LogP contribution in [-0.4, -0.2) is 53.3 Å². The average Bonchev–Trinajstić information content (AvgIpc) is 2.64. The molecule has 1 fully saturated rings. The Balaban J connectivity index is 2.14. The molecule has 9 nitrogen and oxygen atoms in total. The topological polar surface area (TPSA) is 110 Å². The zero-order valence-electron chi connectivity index (χ0n) is 15.1. The van der Waals surface area contributed by atoms with Gasteiger partial charge in [-0.05, 0) is 25.5 Å². The SMILES string of the molecule is CCOC(=O)C[C@H]1C(=O)NCCN1c1nc2c(C)cccn2c(=O)c1C=O. The van der Waals surface area contributed by atoms with E-state index in [0.29, 0.717) is 25.0 Å². The number of hydrogen-bond donors (Lipinski definition) is 1. The number of carbonyl (C=O) groups excluding carboxylic acids is 3. The maximum absolute atomic E-state index is 12.8. The molecule has 2 aromatic heterocycles. The van der Waals surface area contributed by atoms with Crippen LogP contribution in [0, 0.1) is 6.92 Å². The number of ether oxygens (including phenoxy) is 1. The van der Waals surface area contributed by atoms with Crippen LogP contribution in [0.4, 0.5) is 5.82 Å². The van der Waals surface area contributed by atoms with Crippen LogP contribution in [0.5, 0.6) is 0 Å². The molecule has 3 heterocycles. The van der Waals surface area contributed by atoms with Gasteiger partial charge in [-0.1, -0.05) is 6.07 Å². The van der Waals surface area contributed by atoms with E-state index in [-0.39, 0.29) is 30.3 Å². The quantitative estimate of drug-likeness (QED) is 0.584. The first-order chi connectivity index (χ1) is 13.0. The van der Waals surface area contributed by atoms with Crippen molar-refractivity contribution >= 4 is 29.6 Å². The van der Waals surface area contributed by atoms with E-state index in [9.17, 15) is 19.2 Å². The first-order valence-electron chi connectivity index (χ1n) is 8.65. The van der Waals surface area contributed by atoms with Gasteiger partial charge in [0.05, 0.1) is 13.0 Å². The molecule has 1 amide bonds. The highest BCUT2D eigenvalue weighted by Crippen LogP contribution is 2.22. The Bertz CT molecular complexity index is 968. The Morgan fingerprint density at radius 1 is 1.44 bits per heavy atom. The molecule has 0 spiro atoms. The number of aromatic nitrogens is 2. The number of fused-ring (bicyclic) bond motifs is 1. The minimum absolute atomic E-state index is 0.105. The van der Waals surface area contributed by atoms with Crippen LogP contribution in [0.1, 0.15) is 29.3 Å². The summed E-state index contributed by atoms with van der Waals surface area (Å²) in [6, 6.07) is 2.58. The third-order valence-electron chi connectivity index (χ3n) is 4.45. The van der Waals surface area contributed by atoms with Crippen LogP contribution < -0.4 is 15.8 Å². The van der Waals surface area contributed by atoms with E-state index in [1.165, 1.54) is 15.5 Å². The molecule has 9 heteroatoms. The van der Waals surface area contributed by atoms with Crippen molar-refractivity contribution in [3.8, 4) is 0 Å². The summed E-state index contributed by atoms with van der Waals surface area (Å²) in [5, 5.41) is 2.69. The summed E-state index contributed by atoms with van der Waals surface area (Å²) in [6.07, 6.45) is 1.77. The smallest absolute Gasteiger partial charge is 0.308 e. The van der Waals surface area contributed by atoms with E-state index in [1.54, 1.807) is 26.0 Å². The molecule has 3 rings (SSSR count). The van der Waals surface area contributed by atoms with Gasteiger partial charge in [0.1, 0.15) is 23.1 Å². The lowest BCUT2D eigenvalue weighted by atomic mass is 10.1. The summed E-state index contributed by atoms with van der Waals surface area (Å²) in [5.74, 6) is -0.808. The molecule has 0 saturated carbocycles. The summed E-state index contributed by atoms with van der Waals surface area (Å²) in [7, 11) is 0. The average molecular weight is 372 g/mol. The Hall–Kier alpha value is -3.23. The van der Waals surface area contributed by atoms with E-state index in [0.717, 1.165) is 5.56 Å². The molecule has 1 aliphatic heterocycles. The predicted molar refractivity (Wildman–Crippen MR) is 97.0 cm³/mol. The first kappa shape index (κ1) is 18.6. The van der Waals surface area contributed by atoms with Crippen molar-refractivity contribution in [3.63, 3.8) is 0 Å². The fourth-order valence-corrected chi connectivity index (χ4v) is 3.17. The van der Waals surface area contributed by atoms with Gasteiger partial charge >= 0.3 is 5.97 Å². The summed E-state index contributed by atoms with van der Waals surface area (Å²) in [4.78, 5) is 54.8. The Kier molecular flexibility index (Phi) is 5.20. The minimum Gasteiger partial charge on any atom is -0.466 e. The Morgan fingerprint density at radius 3 is 2.93 bits per heavy atom. The van der Waals surface area contributed by atoms with Crippen molar-refractivity contribution < 1.29 is 19.1 Å². The van der Waals surface area contributed by atoms with Gasteiger partial charge in [0.2, 0.25) is 5.91 Å². The maximum Gasteiger partial charge on any atom is 0.308 e. The summed E-state index contributed by atoms with van der Waals surface area (Å²) in [6.45, 7) is 4.29. The molecule has 142 valence electrons. The number of anilines is 1. The van der Waals surface area contributed by atoms with Gasteiger partial charge in [-0.2, -0.15) is 0 Å². The number of hydrogen-bond acceptors (Lipinski definition) is 7. The highest BCUT2D eigenvalue weighted by Gasteiger charge is 2.35. The van der Waals surface area contributed by atoms with E-state index < -0.39 is 17.6 Å². The van der Waals surface area contributed by atoms with Crippen molar-refractivity contribution in [3.05, 3.63) is 39.8 Å². The normalized spacial score (nSPS) is 16.9. The van der Waals surface area contributed by atoms with Gasteiger partial charge in [-0.25, -0.2) is 4.98 Å². The molecule has 1 N–H and O–H groups in total. The monoisotopic (exact) mass is 372 g/mol. The molecule has 0 unspecified atom stereocenters. The molecule has 0 bridgehead atoms. The molecular formula is C18H20N4O5. The number of aldehydes is 1. The number of nitrogens with zero attached hydrogens (tertiary/aromatic N) is 3. The van der Waals surface area contributed by atoms with Crippen molar-refractivity contribution in [2.45, 2.75) is 26.3 Å². The number of carbonyl (C=O) groups is 3. The van der Waals surface area contributed by atoms with Crippen LogP contribution in [0.15, 0.2) is 23.1 Å². The molecule has 0 aliphatic carbocycles. The predicted octanol–water partition coefficient (Wildman–Crippen LogP) is 0.0734. The number of amides is 1. The Labute approximate surface area is 154 Å². The first-order valence-corrected chi connectivity index (χ1v) is 8.65. The second kappa shape index (κ2) is 7.56. The van der Waals surface area contributed by atoms with Gasteiger partial charge in [-0.15, -0.1) is 0 Å². The maximum atomic E-state index is 12.8. The number of pyridine rings is 1. The summed E-state index contributed by atoms with van der Waals surface area (Å²) in [5.41, 5.74) is 0.469. The fraction of sp³-hybridized carbons (Fsp3) is 0.389. The zero-order valence-corrected chi connectivity index (χ0v) is 15.1. The zero-order chi connectivity index (χ0) is 19.6. The van der Waals surface area contributed by atoms with Gasteiger partial charge in [0, 0.05) is 19.3 Å². The standard InChI is InChI=1S/C18H20N4O5/c1-3-27-14(24)9-13-17(25)19-6-8-21(13)16-12(10-23)18(26)22-7-4-5-11(2)15(22)20-16/h4-5,7,10,13H,3,6,8-9H2,1-2H3,(H,19,25)/t13-/m0/s1.